The molecule has 0 fully saturated rings. The molecule has 2 aromatic carbocycles. The molecule has 1 aliphatic rings. The van der Waals surface area contributed by atoms with Gasteiger partial charge in [-0.1, -0.05) is 30.3 Å². The third kappa shape index (κ3) is 4.19. The lowest BCUT2D eigenvalue weighted by atomic mass is 9.90. The van der Waals surface area contributed by atoms with Gasteiger partial charge < -0.3 is 24.5 Å². The average molecular weight is 472 g/mol. The maximum Gasteiger partial charge on any atom is 0.335 e. The number of hydrogen-bond donors (Lipinski definition) is 3. The first-order chi connectivity index (χ1) is 16.8. The highest BCUT2D eigenvalue weighted by Gasteiger charge is 2.30. The van der Waals surface area contributed by atoms with Crippen molar-refractivity contribution in [2.45, 2.75) is 32.2 Å². The molecule has 0 spiro atoms. The van der Waals surface area contributed by atoms with E-state index in [1.54, 1.807) is 24.0 Å². The standard InChI is InChI=1S/C27H24N2O6/c1-15-12-23(30)25(32)26(35-15)20(16-6-8-17(9-7-16)27(33)34)13-24(31)29-11-10-19-18-4-2-3-5-21(18)28-22(19)14-29/h2-9,12,20,28,32H,10-11,13-14H2,1H3,(H,33,34). The van der Waals surface area contributed by atoms with Crippen LogP contribution in [-0.4, -0.2) is 38.5 Å². The Labute approximate surface area is 200 Å². The fourth-order valence-corrected chi connectivity index (χ4v) is 4.79. The summed E-state index contributed by atoms with van der Waals surface area (Å²) in [6.07, 6.45) is 0.662. The van der Waals surface area contributed by atoms with E-state index >= 15 is 0 Å². The molecule has 3 heterocycles. The second-order valence-corrected chi connectivity index (χ2v) is 8.81. The van der Waals surface area contributed by atoms with E-state index in [4.69, 9.17) is 4.42 Å². The van der Waals surface area contributed by atoms with Crippen molar-refractivity contribution in [1.82, 2.24) is 9.88 Å². The minimum Gasteiger partial charge on any atom is -0.502 e. The number of aromatic hydroxyl groups is 1. The predicted octanol–water partition coefficient (Wildman–Crippen LogP) is 3.94. The Kier molecular flexibility index (Phi) is 5.64. The first-order valence-electron chi connectivity index (χ1n) is 11.3. The molecule has 0 bridgehead atoms. The largest absolute Gasteiger partial charge is 0.502 e. The van der Waals surface area contributed by atoms with Crippen LogP contribution in [0.15, 0.2) is 63.8 Å². The Morgan fingerprint density at radius 1 is 1.14 bits per heavy atom. The van der Waals surface area contributed by atoms with E-state index in [0.717, 1.165) is 16.6 Å². The molecule has 0 saturated carbocycles. The van der Waals surface area contributed by atoms with Gasteiger partial charge in [0, 0.05) is 35.6 Å². The van der Waals surface area contributed by atoms with Gasteiger partial charge >= 0.3 is 5.97 Å². The summed E-state index contributed by atoms with van der Waals surface area (Å²) >= 11 is 0. The van der Waals surface area contributed by atoms with Crippen LogP contribution in [0, 0.1) is 6.92 Å². The summed E-state index contributed by atoms with van der Waals surface area (Å²) < 4.78 is 5.72. The summed E-state index contributed by atoms with van der Waals surface area (Å²) in [5.41, 5.74) is 3.32. The van der Waals surface area contributed by atoms with E-state index in [2.05, 4.69) is 11.1 Å². The molecular weight excluding hydrogens is 448 g/mol. The number of carboxylic acid groups (broad SMARTS) is 1. The number of para-hydroxylation sites is 1. The van der Waals surface area contributed by atoms with Gasteiger partial charge in [-0.25, -0.2) is 4.79 Å². The highest BCUT2D eigenvalue weighted by Crippen LogP contribution is 2.35. The Hall–Kier alpha value is -4.33. The van der Waals surface area contributed by atoms with Gasteiger partial charge in [-0.15, -0.1) is 0 Å². The van der Waals surface area contributed by atoms with Gasteiger partial charge in [0.25, 0.3) is 0 Å². The van der Waals surface area contributed by atoms with Gasteiger partial charge in [0.2, 0.25) is 17.1 Å². The number of H-pyrrole nitrogens is 1. The van der Waals surface area contributed by atoms with Crippen LogP contribution < -0.4 is 5.43 Å². The van der Waals surface area contributed by atoms with Gasteiger partial charge in [-0.05, 0) is 42.7 Å². The number of rotatable bonds is 5. The lowest BCUT2D eigenvalue weighted by Gasteiger charge is -2.29. The Morgan fingerprint density at radius 3 is 2.63 bits per heavy atom. The van der Waals surface area contributed by atoms with Crippen LogP contribution in [-0.2, 0) is 17.8 Å². The number of amides is 1. The molecular formula is C27H24N2O6. The summed E-state index contributed by atoms with van der Waals surface area (Å²) in [7, 11) is 0. The Balaban J connectivity index is 1.47. The number of aromatic amines is 1. The molecule has 0 aliphatic carbocycles. The van der Waals surface area contributed by atoms with Crippen LogP contribution in [0.5, 0.6) is 5.75 Å². The van der Waals surface area contributed by atoms with Crippen molar-refractivity contribution >= 4 is 22.8 Å². The number of aryl methyl sites for hydroxylation is 1. The van der Waals surface area contributed by atoms with Crippen molar-refractivity contribution in [3.63, 3.8) is 0 Å². The highest BCUT2D eigenvalue weighted by molar-refractivity contribution is 5.88. The third-order valence-corrected chi connectivity index (χ3v) is 6.56. The molecule has 8 heteroatoms. The zero-order valence-corrected chi connectivity index (χ0v) is 19.1. The van der Waals surface area contributed by atoms with Crippen molar-refractivity contribution in [2.75, 3.05) is 6.54 Å². The van der Waals surface area contributed by atoms with Crippen molar-refractivity contribution in [3.8, 4) is 5.75 Å². The fraction of sp³-hybridized carbons (Fsp3) is 0.222. The zero-order valence-electron chi connectivity index (χ0n) is 19.1. The topological polar surface area (TPSA) is 124 Å². The quantitative estimate of drug-likeness (QED) is 0.404. The molecule has 8 nitrogen and oxygen atoms in total. The van der Waals surface area contributed by atoms with Crippen molar-refractivity contribution in [1.29, 1.82) is 0 Å². The molecule has 178 valence electrons. The first kappa shape index (κ1) is 22.5. The molecule has 2 aromatic heterocycles. The van der Waals surface area contributed by atoms with Crippen molar-refractivity contribution in [2.24, 2.45) is 0 Å². The van der Waals surface area contributed by atoms with Crippen LogP contribution in [0.4, 0.5) is 0 Å². The third-order valence-electron chi connectivity index (χ3n) is 6.56. The lowest BCUT2D eigenvalue weighted by Crippen LogP contribution is -2.36. The van der Waals surface area contributed by atoms with Crippen molar-refractivity contribution in [3.05, 3.63) is 98.7 Å². The maximum atomic E-state index is 13.5. The smallest absolute Gasteiger partial charge is 0.335 e. The molecule has 1 amide bonds. The monoisotopic (exact) mass is 472 g/mol. The predicted molar refractivity (Wildman–Crippen MR) is 129 cm³/mol. The molecule has 1 aliphatic heterocycles. The molecule has 5 rings (SSSR count). The van der Waals surface area contributed by atoms with Gasteiger partial charge in [0.15, 0.2) is 5.76 Å². The number of carbonyl (C=O) groups excluding carboxylic acids is 1. The van der Waals surface area contributed by atoms with Gasteiger partial charge in [-0.2, -0.15) is 0 Å². The number of nitrogens with zero attached hydrogens (tertiary/aromatic N) is 1. The number of aromatic nitrogens is 1. The number of fused-ring (bicyclic) bond motifs is 3. The lowest BCUT2D eigenvalue weighted by molar-refractivity contribution is -0.132. The SMILES string of the molecule is Cc1cc(=O)c(O)c(C(CC(=O)N2CCc3c([nH]c4ccccc34)C2)c2ccc(C(=O)O)cc2)o1. The number of aromatic carboxylic acids is 1. The molecule has 1 unspecified atom stereocenters. The number of hydrogen-bond acceptors (Lipinski definition) is 5. The number of benzene rings is 2. The number of carboxylic acids is 1. The Bertz CT molecular complexity index is 1500. The number of nitrogens with one attached hydrogen (secondary N) is 1. The van der Waals surface area contributed by atoms with Gasteiger partial charge in [-0.3, -0.25) is 9.59 Å². The Morgan fingerprint density at radius 2 is 1.89 bits per heavy atom. The van der Waals surface area contributed by atoms with E-state index in [1.165, 1.54) is 23.8 Å². The van der Waals surface area contributed by atoms with Crippen LogP contribution in [0.1, 0.15) is 51.0 Å². The van der Waals surface area contributed by atoms with Crippen molar-refractivity contribution < 1.29 is 24.2 Å². The molecule has 0 radical (unpaired) electrons. The summed E-state index contributed by atoms with van der Waals surface area (Å²) in [4.78, 5) is 42.2. The summed E-state index contributed by atoms with van der Waals surface area (Å²) in [5, 5.41) is 20.9. The summed E-state index contributed by atoms with van der Waals surface area (Å²) in [5.74, 6) is -2.24. The van der Waals surface area contributed by atoms with E-state index in [-0.39, 0.29) is 23.7 Å². The van der Waals surface area contributed by atoms with Crippen LogP contribution in [0.25, 0.3) is 10.9 Å². The van der Waals surface area contributed by atoms with Crippen LogP contribution in [0.3, 0.4) is 0 Å². The molecule has 1 atom stereocenters. The fourth-order valence-electron chi connectivity index (χ4n) is 4.79. The zero-order chi connectivity index (χ0) is 24.7. The molecule has 35 heavy (non-hydrogen) atoms. The molecule has 4 aromatic rings. The maximum absolute atomic E-state index is 13.5. The second kappa shape index (κ2) is 8.79. The van der Waals surface area contributed by atoms with Gasteiger partial charge in [0.1, 0.15) is 5.76 Å². The molecule has 3 N–H and O–H groups in total. The first-order valence-corrected chi connectivity index (χ1v) is 11.3. The minimum atomic E-state index is -1.07. The normalized spacial score (nSPS) is 14.0. The van der Waals surface area contributed by atoms with Gasteiger partial charge in [0.05, 0.1) is 18.0 Å². The summed E-state index contributed by atoms with van der Waals surface area (Å²) in [6.45, 7) is 2.57. The van der Waals surface area contributed by atoms with E-state index in [0.29, 0.717) is 30.8 Å². The number of carbonyl (C=O) groups is 2. The average Bonchev–Trinajstić information content (AvgIpc) is 3.22. The highest BCUT2D eigenvalue weighted by atomic mass is 16.4. The summed E-state index contributed by atoms with van der Waals surface area (Å²) in [6, 6.07) is 15.2. The van der Waals surface area contributed by atoms with Crippen LogP contribution >= 0.6 is 0 Å². The van der Waals surface area contributed by atoms with E-state index < -0.39 is 23.1 Å². The second-order valence-electron chi connectivity index (χ2n) is 8.81. The minimum absolute atomic E-state index is 0.00487. The van der Waals surface area contributed by atoms with E-state index in [1.807, 2.05) is 18.2 Å². The van der Waals surface area contributed by atoms with Crippen LogP contribution in [0.2, 0.25) is 0 Å². The molecule has 0 saturated heterocycles. The van der Waals surface area contributed by atoms with E-state index in [9.17, 15) is 24.6 Å².